The Morgan fingerprint density at radius 2 is 0.842 bits per heavy atom. The minimum absolute atomic E-state index is 0.194. The molecule has 0 bridgehead atoms. The van der Waals surface area contributed by atoms with Gasteiger partial charge in [0.05, 0.1) is 22.8 Å². The second-order valence-electron chi connectivity index (χ2n) is 10.8. The van der Waals surface area contributed by atoms with Gasteiger partial charge in [0, 0.05) is 9.75 Å². The van der Waals surface area contributed by atoms with Gasteiger partial charge in [-0.25, -0.2) is 0 Å². The fourth-order valence-corrected chi connectivity index (χ4v) is 5.35. The maximum absolute atomic E-state index is 5.19. The summed E-state index contributed by atoms with van der Waals surface area (Å²) in [7, 11) is 9.53. The first-order valence-electron chi connectivity index (χ1n) is 13.2. The molecule has 0 saturated heterocycles. The van der Waals surface area contributed by atoms with Crippen LogP contribution < -0.4 is 0 Å². The molecule has 0 spiro atoms. The molecule has 0 aliphatic carbocycles. The van der Waals surface area contributed by atoms with Crippen LogP contribution in [0.5, 0.6) is 0 Å². The van der Waals surface area contributed by atoms with Crippen molar-refractivity contribution in [3.8, 4) is 0 Å². The van der Waals surface area contributed by atoms with Crippen LogP contribution in [0.4, 0.5) is 11.4 Å². The second-order valence-corrected chi connectivity index (χ2v) is 13.7. The van der Waals surface area contributed by atoms with Crippen molar-refractivity contribution in [2.45, 2.75) is 92.9 Å². The molecule has 0 saturated carbocycles. The van der Waals surface area contributed by atoms with Crippen molar-refractivity contribution in [2.75, 3.05) is 0 Å². The molecular formula is C32H42Cl2FeN2S. The Morgan fingerprint density at radius 1 is 0.579 bits per heavy atom. The third-order valence-electron chi connectivity index (χ3n) is 6.56. The van der Waals surface area contributed by atoms with Gasteiger partial charge in [-0.1, -0.05) is 91.8 Å². The first-order valence-corrected chi connectivity index (χ1v) is 17.1. The number of halogens is 2. The van der Waals surface area contributed by atoms with Crippen LogP contribution >= 0.6 is 31.5 Å². The van der Waals surface area contributed by atoms with Gasteiger partial charge in [0.2, 0.25) is 0 Å². The number of rotatable bonds is 8. The summed E-state index contributed by atoms with van der Waals surface area (Å²) in [6.45, 7) is 22.2. The van der Waals surface area contributed by atoms with Gasteiger partial charge in [0.25, 0.3) is 0 Å². The molecule has 38 heavy (non-hydrogen) atoms. The summed E-state index contributed by atoms with van der Waals surface area (Å²) < 4.78 is 0. The molecule has 0 radical (unpaired) electrons. The molecule has 0 atom stereocenters. The summed E-state index contributed by atoms with van der Waals surface area (Å²) in [4.78, 5) is 12.8. The van der Waals surface area contributed by atoms with Gasteiger partial charge in [-0.05, 0) is 71.9 Å². The summed E-state index contributed by atoms with van der Waals surface area (Å²) in [6, 6.07) is 17.6. The van der Waals surface area contributed by atoms with Crippen molar-refractivity contribution in [1.29, 1.82) is 0 Å². The zero-order chi connectivity index (χ0) is 28.6. The van der Waals surface area contributed by atoms with E-state index in [9.17, 15) is 0 Å². The zero-order valence-electron chi connectivity index (χ0n) is 24.3. The Bertz CT molecular complexity index is 1110. The van der Waals surface area contributed by atoms with Crippen molar-refractivity contribution < 1.29 is 13.1 Å². The van der Waals surface area contributed by atoms with Crippen LogP contribution in [-0.2, 0) is 13.1 Å². The van der Waals surface area contributed by atoms with Crippen LogP contribution in [-0.4, -0.2) is 11.4 Å². The van der Waals surface area contributed by atoms with Crippen LogP contribution in [0.15, 0.2) is 58.5 Å². The number of para-hydroxylation sites is 2. The van der Waals surface area contributed by atoms with Crippen LogP contribution in [0, 0.1) is 0 Å². The summed E-state index contributed by atoms with van der Waals surface area (Å²) in [6.07, 6.45) is 0. The van der Waals surface area contributed by atoms with E-state index in [1.54, 1.807) is 11.3 Å². The molecule has 6 heteroatoms. The van der Waals surface area contributed by atoms with Crippen molar-refractivity contribution in [1.82, 2.24) is 0 Å². The summed E-state index contributed by atoms with van der Waals surface area (Å²) in [5, 5.41) is 0. The van der Waals surface area contributed by atoms with Crippen LogP contribution in [0.3, 0.4) is 0 Å². The predicted octanol–water partition coefficient (Wildman–Crippen LogP) is 11.9. The molecule has 1 aromatic heterocycles. The zero-order valence-corrected chi connectivity index (χ0v) is 27.8. The summed E-state index contributed by atoms with van der Waals surface area (Å²) in [5.74, 6) is 1.74. The molecule has 208 valence electrons. The normalized spacial score (nSPS) is 12.6. The van der Waals surface area contributed by atoms with Crippen molar-refractivity contribution in [3.05, 3.63) is 80.5 Å². The molecule has 0 fully saturated rings. The van der Waals surface area contributed by atoms with E-state index in [0.29, 0.717) is 23.7 Å². The summed E-state index contributed by atoms with van der Waals surface area (Å²) in [5.41, 5.74) is 9.68. The molecule has 2 aromatic carbocycles. The van der Waals surface area contributed by atoms with E-state index in [0.717, 1.165) is 22.8 Å². The fourth-order valence-electron chi connectivity index (χ4n) is 4.45. The molecule has 0 N–H and O–H groups in total. The molecule has 3 rings (SSSR count). The third-order valence-corrected chi connectivity index (χ3v) is 7.87. The number of benzene rings is 2. The van der Waals surface area contributed by atoms with E-state index in [1.165, 1.54) is 32.0 Å². The quantitative estimate of drug-likeness (QED) is 0.178. The third kappa shape index (κ3) is 8.54. The van der Waals surface area contributed by atoms with E-state index in [4.69, 9.17) is 30.2 Å². The first kappa shape index (κ1) is 32.8. The van der Waals surface area contributed by atoms with Crippen LogP contribution in [0.25, 0.3) is 0 Å². The molecule has 0 amide bonds. The number of hydrogen-bond donors (Lipinski definition) is 0. The molecule has 1 heterocycles. The Hall–Kier alpha value is -1.42. The Labute approximate surface area is 249 Å². The van der Waals surface area contributed by atoms with Gasteiger partial charge < -0.3 is 0 Å². The maximum atomic E-state index is 5.19. The SMILES string of the molecule is CC(=Nc1c(C(C)C)cccc1C(C)C)c1ccc(C(C)=Nc2c(C(C)C)cccc2C(C)C)s1.[Cl][Fe][Cl]. The standard InChI is InChI=1S/C32H42N2S.2ClH.Fe/c1-19(2)25-13-11-14-26(20(3)4)31(25)33-23(9)29-17-18-30(35-29)24(10)34-32-27(21(5)6)15-12-16-28(32)22(7)8;;;/h11-22H,1-10H3;2*1H;/q;;;+2/p-2. The molecule has 0 aliphatic heterocycles. The van der Waals surface area contributed by atoms with Crippen LogP contribution in [0.1, 0.15) is 125 Å². The van der Waals surface area contributed by atoms with Gasteiger partial charge in [0.15, 0.2) is 0 Å². The fraction of sp³-hybridized carbons (Fsp3) is 0.438. The minimum atomic E-state index is 0.194. The average Bonchev–Trinajstić information content (AvgIpc) is 3.35. The second kappa shape index (κ2) is 15.4. The van der Waals surface area contributed by atoms with E-state index in [2.05, 4.69) is 118 Å². The molecular weight excluding hydrogens is 571 g/mol. The molecule has 0 aliphatic rings. The molecule has 3 aromatic rings. The molecule has 2 nitrogen and oxygen atoms in total. The Morgan fingerprint density at radius 3 is 1.08 bits per heavy atom. The van der Waals surface area contributed by atoms with Crippen molar-refractivity contribution in [3.63, 3.8) is 0 Å². The molecule has 0 unspecified atom stereocenters. The Balaban J connectivity index is 0.00000161. The van der Waals surface area contributed by atoms with E-state index in [-0.39, 0.29) is 13.1 Å². The monoisotopic (exact) mass is 612 g/mol. The van der Waals surface area contributed by atoms with E-state index >= 15 is 0 Å². The number of thiophene rings is 1. The van der Waals surface area contributed by atoms with Crippen LogP contribution in [0.2, 0.25) is 0 Å². The first-order chi connectivity index (χ1) is 17.9. The van der Waals surface area contributed by atoms with Gasteiger partial charge in [-0.2, -0.15) is 0 Å². The van der Waals surface area contributed by atoms with Crippen molar-refractivity contribution >= 4 is 54.3 Å². The van der Waals surface area contributed by atoms with Crippen molar-refractivity contribution in [2.24, 2.45) is 9.98 Å². The van der Waals surface area contributed by atoms with E-state index < -0.39 is 0 Å². The summed E-state index contributed by atoms with van der Waals surface area (Å²) >= 11 is 1.98. The average molecular weight is 614 g/mol. The number of nitrogens with zero attached hydrogens (tertiary/aromatic N) is 2. The topological polar surface area (TPSA) is 24.7 Å². The Kier molecular flexibility index (Phi) is 13.3. The number of hydrogen-bond acceptors (Lipinski definition) is 3. The van der Waals surface area contributed by atoms with Gasteiger partial charge in [-0.15, -0.1) is 11.3 Å². The van der Waals surface area contributed by atoms with Gasteiger partial charge in [-0.3, -0.25) is 9.98 Å². The van der Waals surface area contributed by atoms with E-state index in [1.807, 2.05) is 0 Å². The predicted molar refractivity (Wildman–Crippen MR) is 169 cm³/mol. The van der Waals surface area contributed by atoms with Gasteiger partial charge >= 0.3 is 33.3 Å². The van der Waals surface area contributed by atoms with Gasteiger partial charge in [0.1, 0.15) is 0 Å². The number of aliphatic imine (C=N–C) groups is 2.